The van der Waals surface area contributed by atoms with Crippen LogP contribution in [-0.4, -0.2) is 20.0 Å². The monoisotopic (exact) mass is 334 g/mol. The number of benzene rings is 2. The fourth-order valence-corrected chi connectivity index (χ4v) is 1.84. The number of hydrogen-bond donors (Lipinski definition) is 0. The molecular formula is C20H30O4. The van der Waals surface area contributed by atoms with E-state index in [2.05, 4.69) is 0 Å². The first-order valence-electron chi connectivity index (χ1n) is 8.13. The number of ether oxygens (including phenoxy) is 4. The van der Waals surface area contributed by atoms with Gasteiger partial charge in [-0.25, -0.2) is 0 Å². The highest BCUT2D eigenvalue weighted by atomic mass is 16.7. The summed E-state index contributed by atoms with van der Waals surface area (Å²) in [6, 6.07) is 15.3. The Bertz CT molecular complexity index is 507. The molecule has 0 amide bonds. The highest BCUT2D eigenvalue weighted by Crippen LogP contribution is 2.30. The molecule has 0 N–H and O–H groups in total. The largest absolute Gasteiger partial charge is 0.486 e. The van der Waals surface area contributed by atoms with Crippen LogP contribution in [0.15, 0.2) is 48.5 Å². The molecule has 0 radical (unpaired) electrons. The van der Waals surface area contributed by atoms with Crippen LogP contribution >= 0.6 is 0 Å². The van der Waals surface area contributed by atoms with Gasteiger partial charge in [0.25, 0.3) is 0 Å². The summed E-state index contributed by atoms with van der Waals surface area (Å²) in [6.45, 7) is 9.69. The third kappa shape index (κ3) is 6.41. The fraction of sp³-hybridized carbons (Fsp3) is 0.400. The average molecular weight is 334 g/mol. The summed E-state index contributed by atoms with van der Waals surface area (Å²) >= 11 is 0. The molecule has 0 fully saturated rings. The van der Waals surface area contributed by atoms with E-state index in [1.54, 1.807) is 0 Å². The van der Waals surface area contributed by atoms with E-state index in [9.17, 15) is 0 Å². The molecule has 2 heterocycles. The SMILES string of the molecule is C.CC.CC.c1ccc2c(c1)OCCO2.c1ccc2c(c1)OCO2. The van der Waals surface area contributed by atoms with E-state index in [0.717, 1.165) is 23.0 Å². The second-order valence-electron chi connectivity index (χ2n) is 4.00. The zero-order valence-electron chi connectivity index (χ0n) is 14.4. The molecule has 4 heteroatoms. The number of hydrogen-bond acceptors (Lipinski definition) is 4. The maximum Gasteiger partial charge on any atom is 0.231 e. The lowest BCUT2D eigenvalue weighted by Crippen LogP contribution is -2.14. The molecule has 0 spiro atoms. The van der Waals surface area contributed by atoms with Crippen molar-refractivity contribution in [1.29, 1.82) is 0 Å². The van der Waals surface area contributed by atoms with Gasteiger partial charge >= 0.3 is 0 Å². The Morgan fingerprint density at radius 1 is 0.542 bits per heavy atom. The van der Waals surface area contributed by atoms with Crippen LogP contribution < -0.4 is 18.9 Å². The van der Waals surface area contributed by atoms with Crippen molar-refractivity contribution in [2.45, 2.75) is 35.1 Å². The lowest BCUT2D eigenvalue weighted by atomic mass is 10.3. The topological polar surface area (TPSA) is 36.9 Å². The maximum absolute atomic E-state index is 5.30. The molecule has 24 heavy (non-hydrogen) atoms. The average Bonchev–Trinajstić information content (AvgIpc) is 3.14. The minimum absolute atomic E-state index is 0. The van der Waals surface area contributed by atoms with Crippen LogP contribution in [0, 0.1) is 0 Å². The molecule has 134 valence electrons. The Labute approximate surface area is 146 Å². The Morgan fingerprint density at radius 3 is 1.17 bits per heavy atom. The van der Waals surface area contributed by atoms with Gasteiger partial charge in [0.15, 0.2) is 23.0 Å². The van der Waals surface area contributed by atoms with Gasteiger partial charge in [-0.3, -0.25) is 0 Å². The van der Waals surface area contributed by atoms with Crippen molar-refractivity contribution in [1.82, 2.24) is 0 Å². The molecule has 0 aromatic heterocycles. The van der Waals surface area contributed by atoms with Gasteiger partial charge in [-0.05, 0) is 24.3 Å². The van der Waals surface area contributed by atoms with Crippen molar-refractivity contribution in [2.24, 2.45) is 0 Å². The Balaban J connectivity index is 0.000000355. The molecule has 0 atom stereocenters. The van der Waals surface area contributed by atoms with Crippen LogP contribution in [0.1, 0.15) is 35.1 Å². The summed E-state index contributed by atoms with van der Waals surface area (Å²) in [4.78, 5) is 0. The Hall–Kier alpha value is -2.36. The van der Waals surface area contributed by atoms with Crippen molar-refractivity contribution >= 4 is 0 Å². The third-order valence-electron chi connectivity index (χ3n) is 2.73. The van der Waals surface area contributed by atoms with Gasteiger partial charge in [-0.2, -0.15) is 0 Å². The summed E-state index contributed by atoms with van der Waals surface area (Å²) in [5.41, 5.74) is 0. The number of rotatable bonds is 0. The van der Waals surface area contributed by atoms with Crippen molar-refractivity contribution < 1.29 is 18.9 Å². The van der Waals surface area contributed by atoms with E-state index in [4.69, 9.17) is 18.9 Å². The van der Waals surface area contributed by atoms with Crippen LogP contribution in [0.3, 0.4) is 0 Å². The predicted molar refractivity (Wildman–Crippen MR) is 99.4 cm³/mol. The minimum Gasteiger partial charge on any atom is -0.486 e. The van der Waals surface area contributed by atoms with E-state index in [-0.39, 0.29) is 7.43 Å². The lowest BCUT2D eigenvalue weighted by Gasteiger charge is -2.17. The van der Waals surface area contributed by atoms with Crippen molar-refractivity contribution in [3.8, 4) is 23.0 Å². The van der Waals surface area contributed by atoms with Crippen LogP contribution in [0.4, 0.5) is 0 Å². The molecule has 0 aliphatic carbocycles. The molecule has 2 aliphatic rings. The molecule has 0 unspecified atom stereocenters. The van der Waals surface area contributed by atoms with Crippen LogP contribution in [-0.2, 0) is 0 Å². The summed E-state index contributed by atoms with van der Waals surface area (Å²) in [6.07, 6.45) is 0. The predicted octanol–water partition coefficient (Wildman–Crippen LogP) is 5.56. The summed E-state index contributed by atoms with van der Waals surface area (Å²) in [7, 11) is 0. The molecule has 4 nitrogen and oxygen atoms in total. The summed E-state index contributed by atoms with van der Waals surface area (Å²) in [5, 5.41) is 0. The lowest BCUT2D eigenvalue weighted by molar-refractivity contribution is 0.171. The molecular weight excluding hydrogens is 304 g/mol. The van der Waals surface area contributed by atoms with Gasteiger partial charge in [-0.15, -0.1) is 0 Å². The quantitative estimate of drug-likeness (QED) is 0.632. The van der Waals surface area contributed by atoms with Crippen molar-refractivity contribution in [3.63, 3.8) is 0 Å². The zero-order valence-corrected chi connectivity index (χ0v) is 14.4. The van der Waals surface area contributed by atoms with Crippen molar-refractivity contribution in [2.75, 3.05) is 20.0 Å². The van der Waals surface area contributed by atoms with Gasteiger partial charge in [0.1, 0.15) is 13.2 Å². The third-order valence-corrected chi connectivity index (χ3v) is 2.73. The zero-order chi connectivity index (χ0) is 16.9. The van der Waals surface area contributed by atoms with Crippen LogP contribution in [0.25, 0.3) is 0 Å². The maximum atomic E-state index is 5.30. The normalized spacial score (nSPS) is 11.8. The van der Waals surface area contributed by atoms with Gasteiger partial charge in [0.2, 0.25) is 6.79 Å². The van der Waals surface area contributed by atoms with Gasteiger partial charge in [0.05, 0.1) is 0 Å². The molecule has 0 saturated heterocycles. The van der Waals surface area contributed by atoms with Crippen LogP contribution in [0.2, 0.25) is 0 Å². The molecule has 2 aliphatic heterocycles. The Morgan fingerprint density at radius 2 is 0.833 bits per heavy atom. The first kappa shape index (κ1) is 21.6. The van der Waals surface area contributed by atoms with Crippen molar-refractivity contribution in [3.05, 3.63) is 48.5 Å². The van der Waals surface area contributed by atoms with E-state index in [0.29, 0.717) is 20.0 Å². The first-order chi connectivity index (χ1) is 11.4. The fourth-order valence-electron chi connectivity index (χ4n) is 1.84. The molecule has 4 rings (SSSR count). The summed E-state index contributed by atoms with van der Waals surface area (Å²) < 4.78 is 20.7. The second-order valence-corrected chi connectivity index (χ2v) is 4.00. The highest BCUT2D eigenvalue weighted by molar-refractivity contribution is 5.41. The molecule has 0 bridgehead atoms. The van der Waals surface area contributed by atoms with E-state index in [1.165, 1.54) is 0 Å². The standard InChI is InChI=1S/C8H8O2.C7H6O2.2C2H6.CH4/c1-2-4-8-7(3-1)9-5-6-10-8;1-2-4-7-6(3-1)8-5-9-7;2*1-2;/h1-4H,5-6H2;1-4H,5H2;2*1-2H3;1H4. The smallest absolute Gasteiger partial charge is 0.231 e. The minimum atomic E-state index is 0. The van der Waals surface area contributed by atoms with Gasteiger partial charge < -0.3 is 18.9 Å². The van der Waals surface area contributed by atoms with E-state index < -0.39 is 0 Å². The number of fused-ring (bicyclic) bond motifs is 2. The van der Waals surface area contributed by atoms with E-state index >= 15 is 0 Å². The summed E-state index contributed by atoms with van der Waals surface area (Å²) in [5.74, 6) is 3.40. The molecule has 2 aromatic carbocycles. The Kier molecular flexibility index (Phi) is 11.8. The molecule has 0 saturated carbocycles. The van der Waals surface area contributed by atoms with E-state index in [1.807, 2.05) is 76.2 Å². The van der Waals surface area contributed by atoms with Gasteiger partial charge in [-0.1, -0.05) is 59.4 Å². The van der Waals surface area contributed by atoms with Gasteiger partial charge in [0, 0.05) is 0 Å². The molecule has 2 aromatic rings. The number of para-hydroxylation sites is 4. The second kappa shape index (κ2) is 13.1. The van der Waals surface area contributed by atoms with Crippen LogP contribution in [0.5, 0.6) is 23.0 Å². The highest BCUT2D eigenvalue weighted by Gasteiger charge is 2.09. The first-order valence-corrected chi connectivity index (χ1v) is 8.13.